The van der Waals surface area contributed by atoms with Gasteiger partial charge in [-0.15, -0.1) is 0 Å². The summed E-state index contributed by atoms with van der Waals surface area (Å²) in [5.74, 6) is -0.0311. The van der Waals surface area contributed by atoms with Gasteiger partial charge in [0.2, 0.25) is 0 Å². The number of carbonyl (C=O) groups is 1. The molecule has 0 aliphatic carbocycles. The summed E-state index contributed by atoms with van der Waals surface area (Å²) in [6, 6.07) is 9.61. The van der Waals surface area contributed by atoms with Crippen LogP contribution in [0, 0.1) is 11.3 Å². The van der Waals surface area contributed by atoms with Crippen LogP contribution >= 0.6 is 0 Å². The van der Waals surface area contributed by atoms with Gasteiger partial charge < -0.3 is 14.4 Å². The van der Waals surface area contributed by atoms with Gasteiger partial charge in [-0.05, 0) is 17.7 Å². The Kier molecular flexibility index (Phi) is 7.69. The zero-order valence-electron chi connectivity index (χ0n) is 14.2. The van der Waals surface area contributed by atoms with Gasteiger partial charge in [0, 0.05) is 45.4 Å². The molecule has 1 saturated heterocycles. The minimum atomic E-state index is -0.0311. The molecule has 130 valence electrons. The molecular formula is C18H25N3O3. The molecule has 0 bridgehead atoms. The Morgan fingerprint density at radius 3 is 2.88 bits per heavy atom. The predicted molar refractivity (Wildman–Crippen MR) is 90.5 cm³/mol. The first-order valence-corrected chi connectivity index (χ1v) is 8.29. The number of morpholine rings is 1. The summed E-state index contributed by atoms with van der Waals surface area (Å²) in [6.07, 6.45) is 0.340. The molecule has 24 heavy (non-hydrogen) atoms. The summed E-state index contributed by atoms with van der Waals surface area (Å²) in [7, 11) is 1.63. The highest BCUT2D eigenvalue weighted by Gasteiger charge is 2.18. The highest BCUT2D eigenvalue weighted by Crippen LogP contribution is 2.10. The Hall–Kier alpha value is -1.94. The van der Waals surface area contributed by atoms with E-state index in [4.69, 9.17) is 14.7 Å². The number of ether oxygens (including phenoxy) is 2. The maximum absolute atomic E-state index is 12.8. The highest BCUT2D eigenvalue weighted by atomic mass is 16.5. The summed E-state index contributed by atoms with van der Waals surface area (Å²) >= 11 is 0. The van der Waals surface area contributed by atoms with E-state index in [0.29, 0.717) is 31.7 Å². The minimum Gasteiger partial charge on any atom is -0.380 e. The van der Waals surface area contributed by atoms with Crippen molar-refractivity contribution >= 4 is 5.91 Å². The molecule has 0 spiro atoms. The van der Waals surface area contributed by atoms with E-state index in [2.05, 4.69) is 11.0 Å². The van der Waals surface area contributed by atoms with Crippen LogP contribution in [0.2, 0.25) is 0 Å². The van der Waals surface area contributed by atoms with Crippen molar-refractivity contribution in [2.24, 2.45) is 0 Å². The smallest absolute Gasteiger partial charge is 0.253 e. The van der Waals surface area contributed by atoms with Gasteiger partial charge in [-0.1, -0.05) is 12.1 Å². The van der Waals surface area contributed by atoms with E-state index in [0.717, 1.165) is 38.4 Å². The molecule has 1 amide bonds. The summed E-state index contributed by atoms with van der Waals surface area (Å²) in [5, 5.41) is 8.87. The summed E-state index contributed by atoms with van der Waals surface area (Å²) < 4.78 is 10.5. The van der Waals surface area contributed by atoms with Crippen molar-refractivity contribution in [3.63, 3.8) is 0 Å². The molecule has 6 heteroatoms. The van der Waals surface area contributed by atoms with Crippen molar-refractivity contribution < 1.29 is 14.3 Å². The number of benzene rings is 1. The fourth-order valence-electron chi connectivity index (χ4n) is 2.73. The van der Waals surface area contributed by atoms with E-state index in [-0.39, 0.29) is 5.91 Å². The van der Waals surface area contributed by atoms with Crippen molar-refractivity contribution in [3.8, 4) is 6.07 Å². The molecule has 1 aromatic carbocycles. The highest BCUT2D eigenvalue weighted by molar-refractivity contribution is 5.94. The van der Waals surface area contributed by atoms with Crippen molar-refractivity contribution in [2.75, 3.05) is 53.0 Å². The normalized spacial score (nSPS) is 15.0. The van der Waals surface area contributed by atoms with Gasteiger partial charge in [-0.3, -0.25) is 9.69 Å². The molecule has 0 radical (unpaired) electrons. The number of nitriles is 1. The molecule has 1 fully saturated rings. The SMILES string of the molecule is COCc1cccc(C(=O)N(CCC#N)CCN2CCOCC2)c1. The number of methoxy groups -OCH3 is 1. The third-order valence-corrected chi connectivity index (χ3v) is 4.06. The molecule has 0 aromatic heterocycles. The van der Waals surface area contributed by atoms with Crippen molar-refractivity contribution in [3.05, 3.63) is 35.4 Å². The Labute approximate surface area is 143 Å². The lowest BCUT2D eigenvalue weighted by Crippen LogP contribution is -2.43. The Morgan fingerprint density at radius 1 is 1.38 bits per heavy atom. The number of hydrogen-bond acceptors (Lipinski definition) is 5. The molecule has 1 aliphatic heterocycles. The maximum Gasteiger partial charge on any atom is 0.253 e. The predicted octanol–water partition coefficient (Wildman–Crippen LogP) is 1.52. The number of hydrogen-bond donors (Lipinski definition) is 0. The molecule has 0 N–H and O–H groups in total. The van der Waals surface area contributed by atoms with E-state index in [1.54, 1.807) is 12.0 Å². The lowest BCUT2D eigenvalue weighted by molar-refractivity contribution is 0.0326. The maximum atomic E-state index is 12.8. The van der Waals surface area contributed by atoms with Crippen molar-refractivity contribution in [1.82, 2.24) is 9.80 Å². The van der Waals surface area contributed by atoms with Crippen molar-refractivity contribution in [1.29, 1.82) is 5.26 Å². The van der Waals surface area contributed by atoms with Crippen LogP contribution in [-0.4, -0.2) is 68.8 Å². The van der Waals surface area contributed by atoms with E-state index >= 15 is 0 Å². The van der Waals surface area contributed by atoms with E-state index in [1.165, 1.54) is 0 Å². The molecule has 2 rings (SSSR count). The van der Waals surface area contributed by atoms with Gasteiger partial charge in [0.25, 0.3) is 5.91 Å². The number of amides is 1. The first kappa shape index (κ1) is 18.4. The van der Waals surface area contributed by atoms with Crippen LogP contribution in [0.15, 0.2) is 24.3 Å². The standard InChI is InChI=1S/C18H25N3O3/c1-23-15-16-4-2-5-17(14-16)18(22)21(7-3-6-19)9-8-20-10-12-24-13-11-20/h2,4-5,14H,3,7-13,15H2,1H3. The summed E-state index contributed by atoms with van der Waals surface area (Å²) in [6.45, 7) is 5.62. The third-order valence-electron chi connectivity index (χ3n) is 4.06. The van der Waals surface area contributed by atoms with Crippen LogP contribution in [0.25, 0.3) is 0 Å². The molecule has 1 heterocycles. The van der Waals surface area contributed by atoms with Gasteiger partial charge >= 0.3 is 0 Å². The van der Waals surface area contributed by atoms with E-state index in [1.807, 2.05) is 24.3 Å². The molecule has 6 nitrogen and oxygen atoms in total. The van der Waals surface area contributed by atoms with Gasteiger partial charge in [-0.2, -0.15) is 5.26 Å². The third kappa shape index (κ3) is 5.60. The van der Waals surface area contributed by atoms with Crippen LogP contribution in [0.3, 0.4) is 0 Å². The average Bonchev–Trinajstić information content (AvgIpc) is 2.63. The first-order valence-electron chi connectivity index (χ1n) is 8.29. The van der Waals surface area contributed by atoms with Crippen LogP contribution in [0.5, 0.6) is 0 Å². The van der Waals surface area contributed by atoms with Crippen LogP contribution in [0.4, 0.5) is 0 Å². The monoisotopic (exact) mass is 331 g/mol. The second-order valence-electron chi connectivity index (χ2n) is 5.79. The van der Waals surface area contributed by atoms with Crippen molar-refractivity contribution in [2.45, 2.75) is 13.0 Å². The Morgan fingerprint density at radius 2 is 2.17 bits per heavy atom. The lowest BCUT2D eigenvalue weighted by Gasteiger charge is -2.30. The topological polar surface area (TPSA) is 65.8 Å². The Bertz CT molecular complexity index is 565. The molecule has 0 atom stereocenters. The second kappa shape index (κ2) is 10.0. The van der Waals surface area contributed by atoms with E-state index in [9.17, 15) is 4.79 Å². The minimum absolute atomic E-state index is 0.0311. The average molecular weight is 331 g/mol. The summed E-state index contributed by atoms with van der Waals surface area (Å²) in [5.41, 5.74) is 1.61. The largest absolute Gasteiger partial charge is 0.380 e. The number of nitrogens with zero attached hydrogens (tertiary/aromatic N) is 3. The molecule has 0 unspecified atom stereocenters. The van der Waals surface area contributed by atoms with Gasteiger partial charge in [0.15, 0.2) is 0 Å². The van der Waals surface area contributed by atoms with E-state index < -0.39 is 0 Å². The quantitative estimate of drug-likeness (QED) is 0.722. The lowest BCUT2D eigenvalue weighted by atomic mass is 10.1. The van der Waals surface area contributed by atoms with Crippen LogP contribution < -0.4 is 0 Å². The Balaban J connectivity index is 2.00. The molecular weight excluding hydrogens is 306 g/mol. The fraction of sp³-hybridized carbons (Fsp3) is 0.556. The second-order valence-corrected chi connectivity index (χ2v) is 5.79. The number of rotatable bonds is 8. The van der Waals surface area contributed by atoms with Gasteiger partial charge in [-0.25, -0.2) is 0 Å². The van der Waals surface area contributed by atoms with Gasteiger partial charge in [0.05, 0.1) is 32.3 Å². The fourth-order valence-corrected chi connectivity index (χ4v) is 2.73. The van der Waals surface area contributed by atoms with Gasteiger partial charge in [0.1, 0.15) is 0 Å². The molecule has 1 aromatic rings. The van der Waals surface area contributed by atoms with Crippen LogP contribution in [-0.2, 0) is 16.1 Å². The zero-order chi connectivity index (χ0) is 17.2. The first-order chi connectivity index (χ1) is 11.7. The number of carbonyl (C=O) groups excluding carboxylic acids is 1. The summed E-state index contributed by atoms with van der Waals surface area (Å²) in [4.78, 5) is 16.9. The molecule has 0 saturated carbocycles. The zero-order valence-corrected chi connectivity index (χ0v) is 14.2. The molecule has 1 aliphatic rings. The van der Waals surface area contributed by atoms with Crippen LogP contribution in [0.1, 0.15) is 22.3 Å².